The van der Waals surface area contributed by atoms with E-state index in [0.29, 0.717) is 23.4 Å². The lowest BCUT2D eigenvalue weighted by Gasteiger charge is -2.17. The van der Waals surface area contributed by atoms with Crippen LogP contribution in [0.15, 0.2) is 113 Å². The minimum absolute atomic E-state index is 0.127. The van der Waals surface area contributed by atoms with Gasteiger partial charge in [0.2, 0.25) is 18.6 Å². The van der Waals surface area contributed by atoms with Crippen LogP contribution in [0.4, 0.5) is 5.69 Å². The van der Waals surface area contributed by atoms with Crippen LogP contribution >= 0.6 is 0 Å². The van der Waals surface area contributed by atoms with Gasteiger partial charge in [-0.2, -0.15) is 0 Å². The first-order chi connectivity index (χ1) is 20.1. The van der Waals surface area contributed by atoms with Gasteiger partial charge in [0.25, 0.3) is 5.91 Å². The summed E-state index contributed by atoms with van der Waals surface area (Å²) in [6.45, 7) is 0.173. The van der Waals surface area contributed by atoms with Crippen LogP contribution in [0, 0.1) is 0 Å². The number of carbonyl (C=O) groups excluding carboxylic acids is 2. The van der Waals surface area contributed by atoms with Crippen LogP contribution in [-0.2, 0) is 16.1 Å². The van der Waals surface area contributed by atoms with Crippen molar-refractivity contribution in [1.29, 1.82) is 0 Å². The third-order valence-corrected chi connectivity index (χ3v) is 6.90. The Labute approximate surface area is 235 Å². The average Bonchev–Trinajstić information content (AvgIpc) is 3.58. The van der Waals surface area contributed by atoms with Crippen LogP contribution in [0.2, 0.25) is 0 Å². The first-order valence-electron chi connectivity index (χ1n) is 13.1. The number of nitrogens with zero attached hydrogens (tertiary/aromatic N) is 3. The van der Waals surface area contributed by atoms with Gasteiger partial charge in [0.15, 0.2) is 17.2 Å². The van der Waals surface area contributed by atoms with Gasteiger partial charge >= 0.3 is 0 Å². The molecule has 0 unspecified atom stereocenters. The molecule has 6 rings (SSSR count). The third kappa shape index (κ3) is 5.38. The molecule has 2 N–H and O–H groups in total. The maximum absolute atomic E-state index is 13.2. The highest BCUT2D eigenvalue weighted by atomic mass is 16.7. The van der Waals surface area contributed by atoms with Crippen molar-refractivity contribution in [2.75, 3.05) is 13.3 Å². The number of carbonyl (C=O) groups is 2. The highest BCUT2D eigenvalue weighted by Crippen LogP contribution is 2.40. The largest absolute Gasteiger partial charge is 0.493 e. The van der Waals surface area contributed by atoms with Gasteiger partial charge < -0.3 is 24.5 Å². The number of benzene rings is 4. The molecule has 4 aromatic carbocycles. The van der Waals surface area contributed by atoms with Crippen molar-refractivity contribution in [2.45, 2.75) is 12.5 Å². The molecular weight excluding hydrogens is 520 g/mol. The number of aromatic nitrogens is 1. The number of ether oxygens (including phenoxy) is 2. The topological polar surface area (TPSA) is 115 Å². The summed E-state index contributed by atoms with van der Waals surface area (Å²) in [6.07, 6.45) is 0. The summed E-state index contributed by atoms with van der Waals surface area (Å²) >= 11 is 0. The van der Waals surface area contributed by atoms with E-state index in [0.717, 1.165) is 22.2 Å². The highest BCUT2D eigenvalue weighted by molar-refractivity contribution is 5.95. The molecule has 0 aliphatic carbocycles. The van der Waals surface area contributed by atoms with Crippen molar-refractivity contribution >= 4 is 28.4 Å². The average molecular weight is 547 g/mol. The fraction of sp³-hybridized carbons (Fsp3) is 0.125. The monoisotopic (exact) mass is 546 g/mol. The summed E-state index contributed by atoms with van der Waals surface area (Å²) in [5, 5.41) is 22.3. The summed E-state index contributed by atoms with van der Waals surface area (Å²) in [5.74, 6) is -0.362. The van der Waals surface area contributed by atoms with E-state index in [1.807, 2.05) is 97.1 Å². The molecule has 0 spiro atoms. The Morgan fingerprint density at radius 2 is 1.51 bits per heavy atom. The molecule has 2 amide bonds. The molecule has 0 atom stereocenters. The van der Waals surface area contributed by atoms with Gasteiger partial charge in [-0.1, -0.05) is 84.9 Å². The highest BCUT2D eigenvalue weighted by Gasteiger charge is 2.23. The van der Waals surface area contributed by atoms with Crippen LogP contribution in [0.25, 0.3) is 10.9 Å². The predicted octanol–water partition coefficient (Wildman–Crippen LogP) is 5.68. The zero-order valence-corrected chi connectivity index (χ0v) is 21.9. The van der Waals surface area contributed by atoms with Gasteiger partial charge in [0.1, 0.15) is 6.54 Å². The number of hydrogen-bond donors (Lipinski definition) is 2. The van der Waals surface area contributed by atoms with Crippen molar-refractivity contribution in [1.82, 2.24) is 9.88 Å². The summed E-state index contributed by atoms with van der Waals surface area (Å²) in [6, 6.07) is 31.7. The molecule has 0 bridgehead atoms. The zero-order valence-electron chi connectivity index (χ0n) is 21.9. The maximum atomic E-state index is 13.2. The number of rotatable bonds is 8. The van der Waals surface area contributed by atoms with E-state index in [2.05, 4.69) is 15.5 Å². The van der Waals surface area contributed by atoms with E-state index in [9.17, 15) is 14.7 Å². The normalized spacial score (nSPS) is 12.3. The molecule has 2 heterocycles. The molecule has 0 saturated carbocycles. The molecule has 204 valence electrons. The van der Waals surface area contributed by atoms with Crippen molar-refractivity contribution in [3.63, 3.8) is 0 Å². The molecule has 9 nitrogen and oxygen atoms in total. The van der Waals surface area contributed by atoms with Gasteiger partial charge in [-0.05, 0) is 34.9 Å². The Morgan fingerprint density at radius 3 is 2.24 bits per heavy atom. The number of aromatic hydroxyl groups is 1. The Morgan fingerprint density at radius 1 is 0.854 bits per heavy atom. The lowest BCUT2D eigenvalue weighted by molar-refractivity contribution is -0.125. The molecule has 9 heteroatoms. The van der Waals surface area contributed by atoms with E-state index < -0.39 is 11.8 Å². The van der Waals surface area contributed by atoms with Crippen LogP contribution in [-0.4, -0.2) is 34.8 Å². The first kappa shape index (κ1) is 25.8. The number of para-hydroxylation sites is 1. The van der Waals surface area contributed by atoms with Gasteiger partial charge in [-0.3, -0.25) is 9.59 Å². The molecule has 5 aromatic rings. The molecule has 0 saturated heterocycles. The standard InChI is InChI=1S/C32H26N4O5/c37-28(18-33-31(38)29(22-9-3-1-4-10-22)23-11-5-2-6-12-23)34-35-30-24-13-7-8-14-25(24)36(32(30)39)19-21-15-16-26-27(17-21)41-20-40-26/h1-17,29,39H,18-20H2,(H,33,38). The predicted molar refractivity (Wildman–Crippen MR) is 153 cm³/mol. The molecular formula is C32H26N4O5. The number of azo groups is 1. The lowest BCUT2D eigenvalue weighted by Crippen LogP contribution is -2.33. The van der Waals surface area contributed by atoms with Crippen LogP contribution < -0.4 is 14.8 Å². The molecule has 41 heavy (non-hydrogen) atoms. The van der Waals surface area contributed by atoms with Crippen molar-refractivity contribution in [3.05, 3.63) is 120 Å². The van der Waals surface area contributed by atoms with Gasteiger partial charge in [0.05, 0.1) is 18.0 Å². The molecule has 0 radical (unpaired) electrons. The Kier molecular flexibility index (Phi) is 7.15. The second-order valence-electron chi connectivity index (χ2n) is 9.53. The fourth-order valence-electron chi connectivity index (χ4n) is 4.94. The molecule has 1 aliphatic rings. The number of nitrogens with one attached hydrogen (secondary N) is 1. The Bertz CT molecular complexity index is 1710. The van der Waals surface area contributed by atoms with Crippen molar-refractivity contribution in [3.8, 4) is 17.4 Å². The van der Waals surface area contributed by atoms with Crippen molar-refractivity contribution in [2.24, 2.45) is 10.2 Å². The zero-order chi connectivity index (χ0) is 28.2. The van der Waals surface area contributed by atoms with E-state index in [-0.39, 0.29) is 30.8 Å². The van der Waals surface area contributed by atoms with E-state index in [1.54, 1.807) is 10.6 Å². The summed E-state index contributed by atoms with van der Waals surface area (Å²) in [4.78, 5) is 25.9. The fourth-order valence-corrected chi connectivity index (χ4v) is 4.94. The van der Waals surface area contributed by atoms with Crippen molar-refractivity contribution < 1.29 is 24.2 Å². The maximum Gasteiger partial charge on any atom is 0.283 e. The number of hydrogen-bond acceptors (Lipinski definition) is 6. The summed E-state index contributed by atoms with van der Waals surface area (Å²) in [5.41, 5.74) is 3.41. The Balaban J connectivity index is 1.19. The molecule has 1 aromatic heterocycles. The minimum atomic E-state index is -0.648. The van der Waals surface area contributed by atoms with E-state index >= 15 is 0 Å². The van der Waals surface area contributed by atoms with Gasteiger partial charge in [0, 0.05) is 5.39 Å². The van der Waals surface area contributed by atoms with Gasteiger partial charge in [-0.25, -0.2) is 0 Å². The second-order valence-corrected chi connectivity index (χ2v) is 9.53. The molecule has 0 fully saturated rings. The Hall–Kier alpha value is -5.44. The first-order valence-corrected chi connectivity index (χ1v) is 13.1. The number of amides is 2. The number of fused-ring (bicyclic) bond motifs is 2. The smallest absolute Gasteiger partial charge is 0.283 e. The minimum Gasteiger partial charge on any atom is -0.493 e. The SMILES string of the molecule is O=C(CNC(=O)C(c1ccccc1)c1ccccc1)N=Nc1c(O)n(Cc2ccc3c(c2)OCO3)c2ccccc12. The molecule has 1 aliphatic heterocycles. The van der Waals surface area contributed by atoms with E-state index in [4.69, 9.17) is 9.47 Å². The summed E-state index contributed by atoms with van der Waals surface area (Å²) < 4.78 is 12.6. The van der Waals surface area contributed by atoms with Gasteiger partial charge in [-0.15, -0.1) is 10.2 Å². The summed E-state index contributed by atoms with van der Waals surface area (Å²) in [7, 11) is 0. The quantitative estimate of drug-likeness (QED) is 0.243. The second kappa shape index (κ2) is 11.4. The lowest BCUT2D eigenvalue weighted by atomic mass is 9.90. The van der Waals surface area contributed by atoms with Crippen LogP contribution in [0.1, 0.15) is 22.6 Å². The van der Waals surface area contributed by atoms with Crippen LogP contribution in [0.3, 0.4) is 0 Å². The third-order valence-electron chi connectivity index (χ3n) is 6.90. The van der Waals surface area contributed by atoms with E-state index in [1.165, 1.54) is 0 Å². The van der Waals surface area contributed by atoms with Crippen LogP contribution in [0.5, 0.6) is 17.4 Å².